The first-order valence-corrected chi connectivity index (χ1v) is 6.98. The van der Waals surface area contributed by atoms with E-state index in [1.54, 1.807) is 0 Å². The molecule has 3 nitrogen and oxygen atoms in total. The Bertz CT molecular complexity index is 381. The number of ether oxygens (including phenoxy) is 1. The van der Waals surface area contributed by atoms with E-state index >= 15 is 0 Å². The summed E-state index contributed by atoms with van der Waals surface area (Å²) in [5.41, 5.74) is 7.61. The number of benzene rings is 1. The van der Waals surface area contributed by atoms with E-state index in [2.05, 4.69) is 29.2 Å². The Balaban J connectivity index is 1.58. The fraction of sp³-hybridized carbons (Fsp3) is 0.600. The van der Waals surface area contributed by atoms with Crippen molar-refractivity contribution >= 4 is 0 Å². The van der Waals surface area contributed by atoms with E-state index in [4.69, 9.17) is 10.5 Å². The number of rotatable bonds is 3. The molecular formula is C15H22N2O. The lowest BCUT2D eigenvalue weighted by Gasteiger charge is -2.37. The molecule has 3 heteroatoms. The molecule has 0 bridgehead atoms. The van der Waals surface area contributed by atoms with Crippen LogP contribution in [-0.4, -0.2) is 42.8 Å². The second kappa shape index (κ2) is 5.39. The molecule has 0 radical (unpaired) electrons. The number of nitrogens with zero attached hydrogens (tertiary/aromatic N) is 1. The Morgan fingerprint density at radius 1 is 1.33 bits per heavy atom. The van der Waals surface area contributed by atoms with Gasteiger partial charge in [-0.15, -0.1) is 0 Å². The van der Waals surface area contributed by atoms with Crippen molar-refractivity contribution in [3.05, 3.63) is 35.9 Å². The number of nitrogens with two attached hydrogens (primary N) is 1. The maximum absolute atomic E-state index is 6.31. The average molecular weight is 246 g/mol. The van der Waals surface area contributed by atoms with Crippen molar-refractivity contribution in [2.75, 3.05) is 19.7 Å². The van der Waals surface area contributed by atoms with Gasteiger partial charge in [0.05, 0.1) is 12.7 Å². The number of morpholine rings is 1. The summed E-state index contributed by atoms with van der Waals surface area (Å²) in [5.74, 6) is 0. The molecule has 2 heterocycles. The molecular weight excluding hydrogens is 224 g/mol. The third kappa shape index (κ3) is 2.58. The summed E-state index contributed by atoms with van der Waals surface area (Å²) >= 11 is 0. The molecule has 98 valence electrons. The third-order valence-corrected chi connectivity index (χ3v) is 4.21. The largest absolute Gasteiger partial charge is 0.374 e. The van der Waals surface area contributed by atoms with E-state index in [0.29, 0.717) is 6.04 Å². The lowest BCUT2D eigenvalue weighted by molar-refractivity contribution is -0.0589. The second-order valence-corrected chi connectivity index (χ2v) is 5.52. The van der Waals surface area contributed by atoms with E-state index in [9.17, 15) is 0 Å². The molecule has 3 atom stereocenters. The van der Waals surface area contributed by atoms with Crippen molar-refractivity contribution < 1.29 is 4.74 Å². The summed E-state index contributed by atoms with van der Waals surface area (Å²) in [4.78, 5) is 2.55. The molecule has 2 N–H and O–H groups in total. The van der Waals surface area contributed by atoms with Crippen molar-refractivity contribution in [3.63, 3.8) is 0 Å². The van der Waals surface area contributed by atoms with E-state index in [-0.39, 0.29) is 12.1 Å². The highest BCUT2D eigenvalue weighted by molar-refractivity contribution is 5.16. The van der Waals surface area contributed by atoms with Crippen LogP contribution in [0.5, 0.6) is 0 Å². The van der Waals surface area contributed by atoms with Crippen LogP contribution in [0.1, 0.15) is 18.4 Å². The zero-order valence-electron chi connectivity index (χ0n) is 10.8. The molecule has 2 saturated heterocycles. The first-order valence-electron chi connectivity index (χ1n) is 6.98. The predicted molar refractivity (Wildman–Crippen MR) is 72.5 cm³/mol. The first kappa shape index (κ1) is 12.2. The molecule has 3 unspecified atom stereocenters. The number of fused-ring (bicyclic) bond motifs is 1. The van der Waals surface area contributed by atoms with Gasteiger partial charge >= 0.3 is 0 Å². The standard InChI is InChI=1S/C15H22N2O/c16-14(9-12-5-2-1-3-6-12)15-10-17-8-4-7-13(17)11-18-15/h1-3,5-6,13-15H,4,7-11,16H2. The number of hydrogen-bond donors (Lipinski definition) is 1. The van der Waals surface area contributed by atoms with Gasteiger partial charge in [0.2, 0.25) is 0 Å². The highest BCUT2D eigenvalue weighted by Crippen LogP contribution is 2.24. The molecule has 0 spiro atoms. The van der Waals surface area contributed by atoms with Crippen LogP contribution in [0.15, 0.2) is 30.3 Å². The van der Waals surface area contributed by atoms with E-state index < -0.39 is 0 Å². The molecule has 2 aliphatic heterocycles. The quantitative estimate of drug-likeness (QED) is 0.876. The van der Waals surface area contributed by atoms with Gasteiger partial charge in [-0.25, -0.2) is 0 Å². The minimum Gasteiger partial charge on any atom is -0.374 e. The van der Waals surface area contributed by atoms with Gasteiger partial charge in [0.25, 0.3) is 0 Å². The van der Waals surface area contributed by atoms with Gasteiger partial charge in [0.15, 0.2) is 0 Å². The fourth-order valence-corrected chi connectivity index (χ4v) is 3.12. The lowest BCUT2D eigenvalue weighted by Crippen LogP contribution is -2.53. The van der Waals surface area contributed by atoms with Crippen LogP contribution in [0, 0.1) is 0 Å². The van der Waals surface area contributed by atoms with Crippen molar-refractivity contribution in [2.45, 2.75) is 37.5 Å². The number of hydrogen-bond acceptors (Lipinski definition) is 3. The van der Waals surface area contributed by atoms with Crippen LogP contribution in [0.3, 0.4) is 0 Å². The fourth-order valence-electron chi connectivity index (χ4n) is 3.12. The topological polar surface area (TPSA) is 38.5 Å². The average Bonchev–Trinajstić information content (AvgIpc) is 2.87. The van der Waals surface area contributed by atoms with Gasteiger partial charge in [-0.05, 0) is 31.4 Å². The van der Waals surface area contributed by atoms with Gasteiger partial charge in [0, 0.05) is 18.6 Å². The van der Waals surface area contributed by atoms with Gasteiger partial charge in [0.1, 0.15) is 0 Å². The van der Waals surface area contributed by atoms with Crippen molar-refractivity contribution in [1.82, 2.24) is 4.90 Å². The zero-order valence-corrected chi connectivity index (χ0v) is 10.8. The van der Waals surface area contributed by atoms with Crippen LogP contribution in [0.2, 0.25) is 0 Å². The summed E-state index contributed by atoms with van der Waals surface area (Å²) in [6.45, 7) is 3.11. The van der Waals surface area contributed by atoms with Gasteiger partial charge in [-0.1, -0.05) is 30.3 Å². The minimum atomic E-state index is 0.106. The van der Waals surface area contributed by atoms with Crippen LogP contribution < -0.4 is 5.73 Å². The molecule has 18 heavy (non-hydrogen) atoms. The summed E-state index contributed by atoms with van der Waals surface area (Å²) in [7, 11) is 0. The molecule has 1 aromatic carbocycles. The Labute approximate surface area is 109 Å². The maximum Gasteiger partial charge on any atom is 0.0856 e. The minimum absolute atomic E-state index is 0.106. The van der Waals surface area contributed by atoms with E-state index in [1.165, 1.54) is 24.9 Å². The molecule has 2 aliphatic rings. The molecule has 2 fully saturated rings. The predicted octanol–water partition coefficient (Wildman–Crippen LogP) is 1.42. The van der Waals surface area contributed by atoms with Crippen LogP contribution in [0.25, 0.3) is 0 Å². The van der Waals surface area contributed by atoms with Gasteiger partial charge in [-0.3, -0.25) is 4.90 Å². The lowest BCUT2D eigenvalue weighted by atomic mass is 10.0. The highest BCUT2D eigenvalue weighted by Gasteiger charge is 2.34. The van der Waals surface area contributed by atoms with E-state index in [1.807, 2.05) is 6.07 Å². The van der Waals surface area contributed by atoms with Gasteiger partial charge < -0.3 is 10.5 Å². The molecule has 3 rings (SSSR count). The van der Waals surface area contributed by atoms with Crippen LogP contribution in [-0.2, 0) is 11.2 Å². The monoisotopic (exact) mass is 246 g/mol. The summed E-state index contributed by atoms with van der Waals surface area (Å²) < 4.78 is 5.96. The highest BCUT2D eigenvalue weighted by atomic mass is 16.5. The Hall–Kier alpha value is -0.900. The smallest absolute Gasteiger partial charge is 0.0856 e. The molecule has 1 aromatic rings. The summed E-state index contributed by atoms with van der Waals surface area (Å²) in [6.07, 6.45) is 3.71. The molecule has 0 amide bonds. The maximum atomic E-state index is 6.31. The molecule has 0 aliphatic carbocycles. The van der Waals surface area contributed by atoms with Gasteiger partial charge in [-0.2, -0.15) is 0 Å². The summed E-state index contributed by atoms with van der Waals surface area (Å²) in [6, 6.07) is 11.2. The zero-order chi connectivity index (χ0) is 12.4. The van der Waals surface area contributed by atoms with Crippen LogP contribution >= 0.6 is 0 Å². The van der Waals surface area contributed by atoms with E-state index in [0.717, 1.165) is 19.6 Å². The van der Waals surface area contributed by atoms with Crippen molar-refractivity contribution in [2.24, 2.45) is 5.73 Å². The second-order valence-electron chi connectivity index (χ2n) is 5.52. The molecule has 0 aromatic heterocycles. The molecule has 0 saturated carbocycles. The summed E-state index contributed by atoms with van der Waals surface area (Å²) in [5, 5.41) is 0. The Kier molecular flexibility index (Phi) is 3.64. The third-order valence-electron chi connectivity index (χ3n) is 4.21. The van der Waals surface area contributed by atoms with Crippen LogP contribution in [0.4, 0.5) is 0 Å². The SMILES string of the molecule is NC(Cc1ccccc1)C1CN2CCCC2CO1. The Morgan fingerprint density at radius 3 is 3.00 bits per heavy atom. The first-order chi connectivity index (χ1) is 8.83. The van der Waals surface area contributed by atoms with Crippen molar-refractivity contribution in [1.29, 1.82) is 0 Å². The normalized spacial score (nSPS) is 30.1. The Morgan fingerprint density at radius 2 is 2.17 bits per heavy atom. The van der Waals surface area contributed by atoms with Crippen molar-refractivity contribution in [3.8, 4) is 0 Å².